The molecule has 3 aromatic rings. The molecule has 0 saturated carbocycles. The Balaban J connectivity index is 2.14. The number of rotatable bonds is 1. The molecule has 0 atom stereocenters. The van der Waals surface area contributed by atoms with Gasteiger partial charge in [0.25, 0.3) is 0 Å². The third kappa shape index (κ3) is 2.08. The molecule has 0 unspecified atom stereocenters. The van der Waals surface area contributed by atoms with Crippen molar-refractivity contribution in [1.82, 2.24) is 9.38 Å². The van der Waals surface area contributed by atoms with Crippen molar-refractivity contribution >= 4 is 33.2 Å². The molecule has 0 aliphatic heterocycles. The number of hydrogen-bond donors (Lipinski definition) is 0. The minimum atomic E-state index is 0.706. The third-order valence-corrected chi connectivity index (χ3v) is 3.31. The molecule has 0 bridgehead atoms. The maximum atomic E-state index is 5.94. The fourth-order valence-corrected chi connectivity index (χ4v) is 2.16. The third-order valence-electron chi connectivity index (χ3n) is 2.55. The van der Waals surface area contributed by atoms with Gasteiger partial charge in [-0.25, -0.2) is 4.98 Å². The van der Waals surface area contributed by atoms with Crippen molar-refractivity contribution < 1.29 is 0 Å². The molecule has 17 heavy (non-hydrogen) atoms. The number of halogens is 2. The number of nitrogens with zero attached hydrogens (tertiary/aromatic N) is 2. The lowest BCUT2D eigenvalue weighted by Crippen LogP contribution is -1.79. The summed E-state index contributed by atoms with van der Waals surface area (Å²) in [5.74, 6) is 0. The molecule has 1 aromatic carbocycles. The average Bonchev–Trinajstić information content (AvgIpc) is 2.72. The highest BCUT2D eigenvalue weighted by atomic mass is 79.9. The lowest BCUT2D eigenvalue weighted by atomic mass is 10.2. The highest BCUT2D eigenvalue weighted by Crippen LogP contribution is 2.22. The number of imidazole rings is 1. The molecular weight excluding hydrogens is 300 g/mol. The quantitative estimate of drug-likeness (QED) is 0.650. The van der Waals surface area contributed by atoms with Crippen molar-refractivity contribution in [3.63, 3.8) is 0 Å². The Morgan fingerprint density at radius 1 is 1.00 bits per heavy atom. The van der Waals surface area contributed by atoms with Gasteiger partial charge in [-0.1, -0.05) is 39.7 Å². The maximum absolute atomic E-state index is 5.94. The van der Waals surface area contributed by atoms with E-state index in [4.69, 9.17) is 11.6 Å². The van der Waals surface area contributed by atoms with Crippen LogP contribution in [0.4, 0.5) is 0 Å². The van der Waals surface area contributed by atoms with Gasteiger partial charge in [-0.2, -0.15) is 0 Å². The van der Waals surface area contributed by atoms with Gasteiger partial charge in [0.15, 0.2) is 0 Å². The minimum absolute atomic E-state index is 0.706. The van der Waals surface area contributed by atoms with E-state index < -0.39 is 0 Å². The van der Waals surface area contributed by atoms with Crippen molar-refractivity contribution in [2.75, 3.05) is 0 Å². The number of pyridine rings is 1. The summed E-state index contributed by atoms with van der Waals surface area (Å²) in [4.78, 5) is 4.54. The Bertz CT molecular complexity index is 673. The van der Waals surface area contributed by atoms with Gasteiger partial charge < -0.3 is 4.40 Å². The van der Waals surface area contributed by atoms with Gasteiger partial charge in [-0.3, -0.25) is 0 Å². The fourth-order valence-electron chi connectivity index (χ4n) is 1.72. The van der Waals surface area contributed by atoms with Crippen molar-refractivity contribution in [3.8, 4) is 11.3 Å². The first kappa shape index (κ1) is 10.8. The molecule has 0 saturated heterocycles. The summed E-state index contributed by atoms with van der Waals surface area (Å²) in [6, 6.07) is 11.8. The summed E-state index contributed by atoms with van der Waals surface area (Å²) in [6.07, 6.45) is 3.83. The van der Waals surface area contributed by atoms with E-state index in [0.717, 1.165) is 21.4 Å². The van der Waals surface area contributed by atoms with Crippen LogP contribution in [0.3, 0.4) is 0 Å². The van der Waals surface area contributed by atoms with E-state index in [-0.39, 0.29) is 0 Å². The normalized spacial score (nSPS) is 10.9. The topological polar surface area (TPSA) is 17.3 Å². The van der Waals surface area contributed by atoms with Crippen molar-refractivity contribution in [1.29, 1.82) is 0 Å². The molecule has 0 aliphatic rings. The van der Waals surface area contributed by atoms with E-state index in [1.165, 1.54) is 0 Å². The first-order valence-corrected chi connectivity index (χ1v) is 6.30. The molecule has 3 rings (SSSR count). The molecule has 4 heteroatoms. The second-order valence-electron chi connectivity index (χ2n) is 3.75. The van der Waals surface area contributed by atoms with Crippen LogP contribution in [0.25, 0.3) is 16.9 Å². The zero-order valence-electron chi connectivity index (χ0n) is 8.77. The first-order valence-electron chi connectivity index (χ1n) is 5.12. The Hall–Kier alpha value is -1.32. The SMILES string of the molecule is Clc1ccc2nc(-c3ccc(Br)cc3)cn2c1. The van der Waals surface area contributed by atoms with E-state index in [0.29, 0.717) is 5.02 Å². The Labute approximate surface area is 112 Å². The Morgan fingerprint density at radius 3 is 2.53 bits per heavy atom. The first-order chi connectivity index (χ1) is 8.22. The van der Waals surface area contributed by atoms with Crippen molar-refractivity contribution in [3.05, 3.63) is 58.3 Å². The Kier molecular flexibility index (Phi) is 2.65. The lowest BCUT2D eigenvalue weighted by molar-refractivity contribution is 1.19. The van der Waals surface area contributed by atoms with E-state index in [9.17, 15) is 0 Å². The molecule has 0 amide bonds. The fraction of sp³-hybridized carbons (Fsp3) is 0. The van der Waals surface area contributed by atoms with Gasteiger partial charge in [-0.05, 0) is 24.3 Å². The molecule has 2 heterocycles. The van der Waals surface area contributed by atoms with E-state index in [1.807, 2.05) is 53.2 Å². The molecule has 84 valence electrons. The van der Waals surface area contributed by atoms with Crippen LogP contribution >= 0.6 is 27.5 Å². The predicted molar refractivity (Wildman–Crippen MR) is 73.3 cm³/mol. The van der Waals surface area contributed by atoms with Crippen LogP contribution in [0.15, 0.2) is 53.3 Å². The van der Waals surface area contributed by atoms with E-state index in [1.54, 1.807) is 0 Å². The average molecular weight is 308 g/mol. The Morgan fingerprint density at radius 2 is 1.76 bits per heavy atom. The monoisotopic (exact) mass is 306 g/mol. The zero-order valence-corrected chi connectivity index (χ0v) is 11.1. The second-order valence-corrected chi connectivity index (χ2v) is 5.10. The lowest BCUT2D eigenvalue weighted by Gasteiger charge is -1.95. The molecule has 2 nitrogen and oxygen atoms in total. The minimum Gasteiger partial charge on any atom is -0.305 e. The summed E-state index contributed by atoms with van der Waals surface area (Å²) < 4.78 is 2.99. The number of benzene rings is 1. The van der Waals surface area contributed by atoms with Crippen molar-refractivity contribution in [2.45, 2.75) is 0 Å². The van der Waals surface area contributed by atoms with Crippen LogP contribution in [0.5, 0.6) is 0 Å². The standard InChI is InChI=1S/C13H8BrClN2/c14-10-3-1-9(2-4-10)12-8-17-7-11(15)5-6-13(17)16-12/h1-8H. The van der Waals surface area contributed by atoms with Crippen LogP contribution in [0.1, 0.15) is 0 Å². The van der Waals surface area contributed by atoms with Crippen LogP contribution < -0.4 is 0 Å². The second kappa shape index (κ2) is 4.17. The predicted octanol–water partition coefficient (Wildman–Crippen LogP) is 4.42. The summed E-state index contributed by atoms with van der Waals surface area (Å²) >= 11 is 9.36. The van der Waals surface area contributed by atoms with Crippen LogP contribution in [0, 0.1) is 0 Å². The molecule has 0 spiro atoms. The molecule has 0 aliphatic carbocycles. The largest absolute Gasteiger partial charge is 0.305 e. The van der Waals surface area contributed by atoms with Gasteiger partial charge in [0.1, 0.15) is 5.65 Å². The molecule has 2 aromatic heterocycles. The molecular formula is C13H8BrClN2. The van der Waals surface area contributed by atoms with E-state index >= 15 is 0 Å². The highest BCUT2D eigenvalue weighted by Gasteiger charge is 2.04. The zero-order chi connectivity index (χ0) is 11.8. The smallest absolute Gasteiger partial charge is 0.137 e. The van der Waals surface area contributed by atoms with Crippen LogP contribution in [0.2, 0.25) is 5.02 Å². The number of hydrogen-bond acceptors (Lipinski definition) is 1. The van der Waals surface area contributed by atoms with Crippen LogP contribution in [-0.4, -0.2) is 9.38 Å². The van der Waals surface area contributed by atoms with Gasteiger partial charge >= 0.3 is 0 Å². The molecule has 0 radical (unpaired) electrons. The van der Waals surface area contributed by atoms with Crippen LogP contribution in [-0.2, 0) is 0 Å². The summed E-state index contributed by atoms with van der Waals surface area (Å²) in [7, 11) is 0. The number of fused-ring (bicyclic) bond motifs is 1. The van der Waals surface area contributed by atoms with Gasteiger partial charge in [0.2, 0.25) is 0 Å². The van der Waals surface area contributed by atoms with Gasteiger partial charge in [-0.15, -0.1) is 0 Å². The number of aromatic nitrogens is 2. The molecule has 0 fully saturated rings. The maximum Gasteiger partial charge on any atom is 0.137 e. The van der Waals surface area contributed by atoms with Gasteiger partial charge in [0.05, 0.1) is 10.7 Å². The summed E-state index contributed by atoms with van der Waals surface area (Å²) in [5, 5.41) is 0.706. The summed E-state index contributed by atoms with van der Waals surface area (Å²) in [6.45, 7) is 0. The van der Waals surface area contributed by atoms with E-state index in [2.05, 4.69) is 20.9 Å². The van der Waals surface area contributed by atoms with Gasteiger partial charge in [0, 0.05) is 22.4 Å². The van der Waals surface area contributed by atoms with Crippen molar-refractivity contribution in [2.24, 2.45) is 0 Å². The summed E-state index contributed by atoms with van der Waals surface area (Å²) in [5.41, 5.74) is 2.93. The molecule has 0 N–H and O–H groups in total. The highest BCUT2D eigenvalue weighted by molar-refractivity contribution is 9.10.